The van der Waals surface area contributed by atoms with Crippen LogP contribution in [0, 0.1) is 0 Å². The second-order valence-electron chi connectivity index (χ2n) is 7.03. The smallest absolute Gasteiger partial charge is 0.378 e. The number of nitrogens with one attached hydrogen (secondary N) is 1. The van der Waals surface area contributed by atoms with Crippen LogP contribution in [-0.4, -0.2) is 40.5 Å². The first-order valence-electron chi connectivity index (χ1n) is 9.61. The highest BCUT2D eigenvalue weighted by atomic mass is 32.2. The van der Waals surface area contributed by atoms with E-state index >= 15 is 0 Å². The zero-order valence-corrected chi connectivity index (χ0v) is 18.4. The summed E-state index contributed by atoms with van der Waals surface area (Å²) in [7, 11) is 3.87. The fourth-order valence-electron chi connectivity index (χ4n) is 2.98. The number of hydrogen-bond donors (Lipinski definition) is 1. The molecule has 2 aromatic carbocycles. The molecule has 0 spiro atoms. The highest BCUT2D eigenvalue weighted by molar-refractivity contribution is 7.99. The molecule has 32 heavy (non-hydrogen) atoms. The lowest BCUT2D eigenvalue weighted by Crippen LogP contribution is -2.18. The number of hydrogen-bond acceptors (Lipinski definition) is 5. The van der Waals surface area contributed by atoms with Crippen molar-refractivity contribution in [1.29, 1.82) is 0 Å². The van der Waals surface area contributed by atoms with Gasteiger partial charge in [-0.1, -0.05) is 42.1 Å². The summed E-state index contributed by atoms with van der Waals surface area (Å²) in [4.78, 5) is 14.3. The fourth-order valence-corrected chi connectivity index (χ4v) is 3.73. The van der Waals surface area contributed by atoms with E-state index in [9.17, 15) is 18.0 Å². The minimum Gasteiger partial charge on any atom is -0.378 e. The number of halogens is 3. The molecule has 0 saturated carbocycles. The Kier molecular flexibility index (Phi) is 7.24. The SMILES string of the molecule is C=CCn1c(SCC(=O)Nc2ccccc2C(F)(F)F)nnc1-c1cccc(N(C)C)c1. The number of nitrogens with zero attached hydrogens (tertiary/aromatic N) is 4. The van der Waals surface area contributed by atoms with Crippen molar-refractivity contribution in [2.24, 2.45) is 0 Å². The monoisotopic (exact) mass is 461 g/mol. The van der Waals surface area contributed by atoms with Crippen LogP contribution >= 0.6 is 11.8 Å². The second-order valence-corrected chi connectivity index (χ2v) is 7.97. The van der Waals surface area contributed by atoms with Crippen molar-refractivity contribution in [2.45, 2.75) is 17.9 Å². The highest BCUT2D eigenvalue weighted by Crippen LogP contribution is 2.34. The third kappa shape index (κ3) is 5.50. The molecule has 0 unspecified atom stereocenters. The van der Waals surface area contributed by atoms with Gasteiger partial charge in [0.15, 0.2) is 11.0 Å². The maximum Gasteiger partial charge on any atom is 0.418 e. The largest absolute Gasteiger partial charge is 0.418 e. The van der Waals surface area contributed by atoms with Crippen LogP contribution in [0.5, 0.6) is 0 Å². The Labute approximate surface area is 188 Å². The van der Waals surface area contributed by atoms with E-state index in [0.29, 0.717) is 17.5 Å². The third-order valence-electron chi connectivity index (χ3n) is 4.49. The summed E-state index contributed by atoms with van der Waals surface area (Å²) in [6, 6.07) is 12.6. The summed E-state index contributed by atoms with van der Waals surface area (Å²) < 4.78 is 41.2. The number of carbonyl (C=O) groups excluding carboxylic acids is 1. The van der Waals surface area contributed by atoms with Crippen molar-refractivity contribution in [3.8, 4) is 11.4 Å². The van der Waals surface area contributed by atoms with Gasteiger partial charge in [0.05, 0.1) is 17.0 Å². The van der Waals surface area contributed by atoms with Gasteiger partial charge in [-0.15, -0.1) is 16.8 Å². The highest BCUT2D eigenvalue weighted by Gasteiger charge is 2.33. The number of carbonyl (C=O) groups is 1. The Morgan fingerprint density at radius 3 is 2.62 bits per heavy atom. The van der Waals surface area contributed by atoms with E-state index < -0.39 is 17.6 Å². The lowest BCUT2D eigenvalue weighted by atomic mass is 10.1. The lowest BCUT2D eigenvalue weighted by Gasteiger charge is -2.14. The van der Waals surface area contributed by atoms with Crippen molar-refractivity contribution >= 4 is 29.0 Å². The average molecular weight is 462 g/mol. The van der Waals surface area contributed by atoms with Crippen LogP contribution in [0.15, 0.2) is 66.3 Å². The molecule has 1 heterocycles. The summed E-state index contributed by atoms with van der Waals surface area (Å²) >= 11 is 1.09. The minimum absolute atomic E-state index is 0.126. The van der Waals surface area contributed by atoms with Crippen LogP contribution in [0.4, 0.5) is 24.5 Å². The standard InChI is InChI=1S/C22H22F3N5OS/c1-4-12-30-20(15-8-7-9-16(13-15)29(2)3)27-28-21(30)32-14-19(31)26-18-11-6-5-10-17(18)22(23,24)25/h4-11,13H,1,12,14H2,2-3H3,(H,26,31). The topological polar surface area (TPSA) is 63.1 Å². The lowest BCUT2D eigenvalue weighted by molar-refractivity contribution is -0.137. The molecule has 6 nitrogen and oxygen atoms in total. The summed E-state index contributed by atoms with van der Waals surface area (Å²) in [5.74, 6) is -0.0888. The number of benzene rings is 2. The van der Waals surface area contributed by atoms with E-state index in [1.165, 1.54) is 18.2 Å². The number of anilines is 2. The molecule has 1 aromatic heterocycles. The molecule has 3 aromatic rings. The molecule has 0 saturated heterocycles. The molecule has 168 valence electrons. The van der Waals surface area contributed by atoms with E-state index in [-0.39, 0.29) is 11.4 Å². The van der Waals surface area contributed by atoms with Gasteiger partial charge in [0.25, 0.3) is 0 Å². The van der Waals surface area contributed by atoms with E-state index in [1.54, 1.807) is 6.08 Å². The van der Waals surface area contributed by atoms with Gasteiger partial charge in [0, 0.05) is 31.9 Å². The zero-order chi connectivity index (χ0) is 23.3. The van der Waals surface area contributed by atoms with E-state index in [4.69, 9.17) is 0 Å². The summed E-state index contributed by atoms with van der Waals surface area (Å²) in [5.41, 5.74) is 0.670. The van der Waals surface area contributed by atoms with Crippen molar-refractivity contribution in [1.82, 2.24) is 14.8 Å². The van der Waals surface area contributed by atoms with Crippen LogP contribution in [0.1, 0.15) is 5.56 Å². The van der Waals surface area contributed by atoms with Crippen molar-refractivity contribution in [3.05, 3.63) is 66.7 Å². The molecular formula is C22H22F3N5OS. The molecule has 0 bridgehead atoms. The molecule has 3 rings (SSSR count). The van der Waals surface area contributed by atoms with E-state index in [1.807, 2.05) is 47.8 Å². The van der Waals surface area contributed by atoms with Crippen molar-refractivity contribution in [2.75, 3.05) is 30.1 Å². The molecule has 1 amide bonds. The Bertz CT molecular complexity index is 1110. The van der Waals surface area contributed by atoms with Gasteiger partial charge in [-0.3, -0.25) is 9.36 Å². The maximum atomic E-state index is 13.1. The Balaban J connectivity index is 1.77. The minimum atomic E-state index is -4.56. The number of aromatic nitrogens is 3. The van der Waals surface area contributed by atoms with Crippen LogP contribution in [0.25, 0.3) is 11.4 Å². The first-order chi connectivity index (χ1) is 15.2. The van der Waals surface area contributed by atoms with Gasteiger partial charge in [-0.05, 0) is 24.3 Å². The van der Waals surface area contributed by atoms with Gasteiger partial charge in [-0.25, -0.2) is 0 Å². The maximum absolute atomic E-state index is 13.1. The van der Waals surface area contributed by atoms with Crippen LogP contribution < -0.4 is 10.2 Å². The first kappa shape index (κ1) is 23.4. The predicted octanol–water partition coefficient (Wildman–Crippen LogP) is 4.95. The Hall–Kier alpha value is -3.27. The number of amides is 1. The number of para-hydroxylation sites is 1. The summed E-state index contributed by atoms with van der Waals surface area (Å²) in [6.07, 6.45) is -2.87. The molecule has 0 atom stereocenters. The van der Waals surface area contributed by atoms with Crippen LogP contribution in [0.3, 0.4) is 0 Å². The molecule has 0 aliphatic carbocycles. The normalized spacial score (nSPS) is 11.3. The van der Waals surface area contributed by atoms with Crippen molar-refractivity contribution in [3.63, 3.8) is 0 Å². The van der Waals surface area contributed by atoms with Crippen molar-refractivity contribution < 1.29 is 18.0 Å². The van der Waals surface area contributed by atoms with Gasteiger partial charge in [-0.2, -0.15) is 13.2 Å². The molecule has 0 fully saturated rings. The van der Waals surface area contributed by atoms with Crippen LogP contribution in [-0.2, 0) is 17.5 Å². The zero-order valence-electron chi connectivity index (χ0n) is 17.6. The average Bonchev–Trinajstić information content (AvgIpc) is 3.15. The fraction of sp³-hybridized carbons (Fsp3) is 0.227. The molecule has 0 aliphatic heterocycles. The number of thioether (sulfide) groups is 1. The Morgan fingerprint density at radius 1 is 1.19 bits per heavy atom. The van der Waals surface area contributed by atoms with Gasteiger partial charge in [0.2, 0.25) is 5.91 Å². The molecule has 0 radical (unpaired) electrons. The number of alkyl halides is 3. The quantitative estimate of drug-likeness (QED) is 0.380. The molecule has 10 heteroatoms. The first-order valence-corrected chi connectivity index (χ1v) is 10.6. The van der Waals surface area contributed by atoms with Gasteiger partial charge < -0.3 is 10.2 Å². The summed E-state index contributed by atoms with van der Waals surface area (Å²) in [5, 5.41) is 11.2. The molecular weight excluding hydrogens is 439 g/mol. The number of rotatable bonds is 8. The molecule has 1 N–H and O–H groups in total. The third-order valence-corrected chi connectivity index (χ3v) is 5.45. The van der Waals surface area contributed by atoms with Gasteiger partial charge >= 0.3 is 6.18 Å². The Morgan fingerprint density at radius 2 is 1.94 bits per heavy atom. The van der Waals surface area contributed by atoms with E-state index in [2.05, 4.69) is 22.1 Å². The predicted molar refractivity (Wildman–Crippen MR) is 121 cm³/mol. The number of allylic oxidation sites excluding steroid dienone is 1. The second kappa shape index (κ2) is 9.90. The van der Waals surface area contributed by atoms with Gasteiger partial charge in [0.1, 0.15) is 0 Å². The van der Waals surface area contributed by atoms with Crippen LogP contribution in [0.2, 0.25) is 0 Å². The summed E-state index contributed by atoms with van der Waals surface area (Å²) in [6.45, 7) is 4.17. The van der Waals surface area contributed by atoms with E-state index in [0.717, 1.165) is 29.1 Å². The molecule has 0 aliphatic rings.